The maximum atomic E-state index is 4.49. The van der Waals surface area contributed by atoms with Crippen LogP contribution in [0.15, 0.2) is 30.6 Å². The highest BCUT2D eigenvalue weighted by Gasteiger charge is 2.15. The Morgan fingerprint density at radius 3 is 2.79 bits per heavy atom. The minimum Gasteiger partial charge on any atom is -0.365 e. The van der Waals surface area contributed by atoms with Gasteiger partial charge in [-0.1, -0.05) is 29.8 Å². The maximum absolute atomic E-state index is 4.49. The molecule has 0 aliphatic rings. The molecular formula is C18H17N5S. The summed E-state index contributed by atoms with van der Waals surface area (Å²) in [6.07, 6.45) is 1.61. The van der Waals surface area contributed by atoms with Crippen molar-refractivity contribution in [3.8, 4) is 0 Å². The van der Waals surface area contributed by atoms with E-state index in [9.17, 15) is 0 Å². The minimum absolute atomic E-state index is 0.728. The Kier molecular flexibility index (Phi) is 3.61. The number of nitrogens with one attached hydrogen (secondary N) is 1. The first-order chi connectivity index (χ1) is 11.6. The van der Waals surface area contributed by atoms with E-state index in [2.05, 4.69) is 63.6 Å². The number of aryl methyl sites for hydroxylation is 3. The fourth-order valence-electron chi connectivity index (χ4n) is 2.82. The monoisotopic (exact) mass is 335 g/mol. The first kappa shape index (κ1) is 15.0. The molecule has 0 aliphatic carbocycles. The van der Waals surface area contributed by atoms with Gasteiger partial charge in [0.2, 0.25) is 0 Å². The zero-order valence-corrected chi connectivity index (χ0v) is 14.6. The van der Waals surface area contributed by atoms with Gasteiger partial charge in [0.15, 0.2) is 0 Å². The molecule has 0 spiro atoms. The summed E-state index contributed by atoms with van der Waals surface area (Å²) in [5, 5.41) is 13.1. The third-order valence-electron chi connectivity index (χ3n) is 4.20. The van der Waals surface area contributed by atoms with E-state index in [1.54, 1.807) is 17.7 Å². The van der Waals surface area contributed by atoms with Crippen LogP contribution in [0.3, 0.4) is 0 Å². The SMILES string of the molecule is Cc1cccc(CNc2ncnc3c2sc2nnc(C)c(C)c23)c1. The van der Waals surface area contributed by atoms with E-state index in [4.69, 9.17) is 0 Å². The van der Waals surface area contributed by atoms with Crippen LogP contribution in [0.1, 0.15) is 22.4 Å². The van der Waals surface area contributed by atoms with Crippen LogP contribution in [-0.4, -0.2) is 20.2 Å². The smallest absolute Gasteiger partial charge is 0.149 e. The van der Waals surface area contributed by atoms with Gasteiger partial charge in [0.25, 0.3) is 0 Å². The third kappa shape index (κ3) is 2.49. The zero-order chi connectivity index (χ0) is 16.7. The van der Waals surface area contributed by atoms with Crippen molar-refractivity contribution in [3.05, 3.63) is 53.0 Å². The lowest BCUT2D eigenvalue weighted by Crippen LogP contribution is -2.02. The van der Waals surface area contributed by atoms with Crippen molar-refractivity contribution in [2.24, 2.45) is 0 Å². The van der Waals surface area contributed by atoms with E-state index in [1.165, 1.54) is 11.1 Å². The van der Waals surface area contributed by atoms with E-state index in [1.807, 2.05) is 6.92 Å². The van der Waals surface area contributed by atoms with Gasteiger partial charge >= 0.3 is 0 Å². The molecule has 0 amide bonds. The summed E-state index contributed by atoms with van der Waals surface area (Å²) in [5.41, 5.74) is 5.51. The number of hydrogen-bond donors (Lipinski definition) is 1. The van der Waals surface area contributed by atoms with E-state index >= 15 is 0 Å². The van der Waals surface area contributed by atoms with Gasteiger partial charge in [-0.3, -0.25) is 0 Å². The number of anilines is 1. The minimum atomic E-state index is 0.728. The second-order valence-electron chi connectivity index (χ2n) is 5.94. The van der Waals surface area contributed by atoms with Gasteiger partial charge in [-0.15, -0.1) is 16.4 Å². The highest BCUT2D eigenvalue weighted by Crippen LogP contribution is 2.36. The Bertz CT molecular complexity index is 1050. The molecule has 1 aromatic carbocycles. The van der Waals surface area contributed by atoms with E-state index in [-0.39, 0.29) is 0 Å². The van der Waals surface area contributed by atoms with Crippen molar-refractivity contribution in [1.82, 2.24) is 20.2 Å². The zero-order valence-electron chi connectivity index (χ0n) is 13.8. The van der Waals surface area contributed by atoms with Crippen molar-refractivity contribution in [2.45, 2.75) is 27.3 Å². The van der Waals surface area contributed by atoms with Crippen molar-refractivity contribution in [3.63, 3.8) is 0 Å². The average Bonchev–Trinajstić information content (AvgIpc) is 2.96. The number of nitrogens with zero attached hydrogens (tertiary/aromatic N) is 4. The van der Waals surface area contributed by atoms with Crippen molar-refractivity contribution >= 4 is 37.6 Å². The summed E-state index contributed by atoms with van der Waals surface area (Å²) >= 11 is 1.59. The average molecular weight is 335 g/mol. The first-order valence-electron chi connectivity index (χ1n) is 7.80. The molecule has 4 aromatic rings. The summed E-state index contributed by atoms with van der Waals surface area (Å²) in [6.45, 7) is 6.87. The van der Waals surface area contributed by atoms with Gasteiger partial charge in [0.1, 0.15) is 17.0 Å². The largest absolute Gasteiger partial charge is 0.365 e. The van der Waals surface area contributed by atoms with Crippen molar-refractivity contribution in [1.29, 1.82) is 0 Å². The summed E-state index contributed by atoms with van der Waals surface area (Å²) in [7, 11) is 0. The highest BCUT2D eigenvalue weighted by atomic mass is 32.1. The summed E-state index contributed by atoms with van der Waals surface area (Å²) < 4.78 is 1.03. The van der Waals surface area contributed by atoms with Gasteiger partial charge in [0, 0.05) is 11.9 Å². The lowest BCUT2D eigenvalue weighted by molar-refractivity contribution is 1.01. The van der Waals surface area contributed by atoms with Gasteiger partial charge in [-0.2, -0.15) is 5.10 Å². The molecule has 0 saturated heterocycles. The number of aromatic nitrogens is 4. The van der Waals surface area contributed by atoms with Crippen LogP contribution in [-0.2, 0) is 6.54 Å². The Balaban J connectivity index is 1.77. The molecule has 0 atom stereocenters. The molecule has 4 rings (SSSR count). The predicted molar refractivity (Wildman–Crippen MR) is 98.5 cm³/mol. The van der Waals surface area contributed by atoms with Crippen LogP contribution >= 0.6 is 11.3 Å². The second kappa shape index (κ2) is 5.79. The number of benzene rings is 1. The van der Waals surface area contributed by atoms with Gasteiger partial charge < -0.3 is 5.32 Å². The number of fused-ring (bicyclic) bond motifs is 3. The number of thiophene rings is 1. The molecule has 0 fully saturated rings. The normalized spacial score (nSPS) is 11.3. The molecule has 0 saturated carbocycles. The number of hydrogen-bond acceptors (Lipinski definition) is 6. The highest BCUT2D eigenvalue weighted by molar-refractivity contribution is 7.25. The molecule has 120 valence electrons. The molecule has 3 heterocycles. The molecule has 0 aliphatic heterocycles. The quantitative estimate of drug-likeness (QED) is 0.609. The summed E-state index contributed by atoms with van der Waals surface area (Å²) in [5.74, 6) is 0.849. The van der Waals surface area contributed by atoms with E-state index < -0.39 is 0 Å². The summed E-state index contributed by atoms with van der Waals surface area (Å²) in [4.78, 5) is 9.83. The maximum Gasteiger partial charge on any atom is 0.149 e. The molecule has 24 heavy (non-hydrogen) atoms. The Morgan fingerprint density at radius 1 is 1.08 bits per heavy atom. The Morgan fingerprint density at radius 2 is 1.96 bits per heavy atom. The van der Waals surface area contributed by atoms with Crippen molar-refractivity contribution in [2.75, 3.05) is 5.32 Å². The Labute approximate surface area is 143 Å². The molecule has 5 nitrogen and oxygen atoms in total. The number of rotatable bonds is 3. The standard InChI is InChI=1S/C18H17N5S/c1-10-5-4-6-13(7-10)8-19-17-16-15(20-9-21-17)14-11(2)12(3)22-23-18(14)24-16/h4-7,9H,8H2,1-3H3,(H,19,20,21). The molecule has 0 radical (unpaired) electrons. The van der Waals surface area contributed by atoms with Crippen LogP contribution in [0.25, 0.3) is 20.4 Å². The van der Waals surface area contributed by atoms with Gasteiger partial charge in [0.05, 0.1) is 15.9 Å². The van der Waals surface area contributed by atoms with Crippen LogP contribution in [0.4, 0.5) is 5.82 Å². The van der Waals surface area contributed by atoms with Crippen LogP contribution in [0.5, 0.6) is 0 Å². The Hall–Kier alpha value is -2.60. The molecular weight excluding hydrogens is 318 g/mol. The van der Waals surface area contributed by atoms with Crippen molar-refractivity contribution < 1.29 is 0 Å². The lowest BCUT2D eigenvalue weighted by atomic mass is 10.1. The second-order valence-corrected chi connectivity index (χ2v) is 6.93. The first-order valence-corrected chi connectivity index (χ1v) is 8.61. The van der Waals surface area contributed by atoms with Gasteiger partial charge in [-0.05, 0) is 31.9 Å². The topological polar surface area (TPSA) is 63.6 Å². The summed E-state index contributed by atoms with van der Waals surface area (Å²) in [6, 6.07) is 8.46. The van der Waals surface area contributed by atoms with E-state index in [0.29, 0.717) is 0 Å². The molecule has 0 unspecified atom stereocenters. The fourth-order valence-corrected chi connectivity index (χ4v) is 3.92. The molecule has 1 N–H and O–H groups in total. The van der Waals surface area contributed by atoms with Crippen LogP contribution in [0, 0.1) is 20.8 Å². The van der Waals surface area contributed by atoms with Gasteiger partial charge in [-0.25, -0.2) is 9.97 Å². The molecule has 3 aromatic heterocycles. The molecule has 0 bridgehead atoms. The van der Waals surface area contributed by atoms with Crippen LogP contribution in [0.2, 0.25) is 0 Å². The fraction of sp³-hybridized carbons (Fsp3) is 0.222. The molecule has 6 heteroatoms. The lowest BCUT2D eigenvalue weighted by Gasteiger charge is -2.07. The van der Waals surface area contributed by atoms with Crippen LogP contribution < -0.4 is 5.32 Å². The van der Waals surface area contributed by atoms with E-state index in [0.717, 1.165) is 44.1 Å². The predicted octanol–water partition coefficient (Wildman–Crippen LogP) is 4.17. The third-order valence-corrected chi connectivity index (χ3v) is 5.27.